The lowest BCUT2D eigenvalue weighted by atomic mass is 9.97. The second kappa shape index (κ2) is 6.90. The number of amides is 1. The van der Waals surface area contributed by atoms with Gasteiger partial charge in [-0.2, -0.15) is 0 Å². The molecular weight excluding hydrogens is 294 g/mol. The van der Waals surface area contributed by atoms with E-state index in [2.05, 4.69) is 15.9 Å². The largest absolute Gasteiger partial charge is 0.392 e. The van der Waals surface area contributed by atoms with E-state index in [1.54, 1.807) is 18.9 Å². The highest BCUT2D eigenvalue weighted by atomic mass is 79.9. The van der Waals surface area contributed by atoms with E-state index in [0.717, 1.165) is 10.0 Å². The standard InChI is InChI=1S/C14H20BrNO2/c1-10(12-4-6-13(15)7-5-12)8-14(18)16(3)9-11(2)17/h4-7,10-11,17H,8-9H2,1-3H3. The fourth-order valence-corrected chi connectivity index (χ4v) is 2.09. The van der Waals surface area contributed by atoms with Gasteiger partial charge in [-0.15, -0.1) is 0 Å². The quantitative estimate of drug-likeness (QED) is 0.908. The number of benzene rings is 1. The van der Waals surface area contributed by atoms with Crippen LogP contribution in [-0.4, -0.2) is 35.6 Å². The SMILES string of the molecule is CC(O)CN(C)C(=O)CC(C)c1ccc(Br)cc1. The van der Waals surface area contributed by atoms with E-state index < -0.39 is 6.10 Å². The minimum Gasteiger partial charge on any atom is -0.392 e. The maximum absolute atomic E-state index is 11.9. The number of aliphatic hydroxyl groups is 1. The third-order valence-corrected chi connectivity index (χ3v) is 3.41. The molecule has 0 radical (unpaired) electrons. The second-order valence-corrected chi connectivity index (χ2v) is 5.70. The van der Waals surface area contributed by atoms with Crippen molar-refractivity contribution >= 4 is 21.8 Å². The zero-order valence-corrected chi connectivity index (χ0v) is 12.6. The summed E-state index contributed by atoms with van der Waals surface area (Å²) in [5.74, 6) is 0.244. The summed E-state index contributed by atoms with van der Waals surface area (Å²) in [5, 5.41) is 9.25. The van der Waals surface area contributed by atoms with Crippen LogP contribution in [0.5, 0.6) is 0 Å². The van der Waals surface area contributed by atoms with Crippen LogP contribution in [0.4, 0.5) is 0 Å². The molecule has 0 saturated heterocycles. The van der Waals surface area contributed by atoms with Gasteiger partial charge in [-0.1, -0.05) is 35.0 Å². The van der Waals surface area contributed by atoms with Gasteiger partial charge >= 0.3 is 0 Å². The van der Waals surface area contributed by atoms with Gasteiger partial charge in [0.25, 0.3) is 0 Å². The number of likely N-dealkylation sites (N-methyl/N-ethyl adjacent to an activating group) is 1. The molecule has 2 atom stereocenters. The highest BCUT2D eigenvalue weighted by Gasteiger charge is 2.15. The predicted octanol–water partition coefficient (Wildman–Crippen LogP) is 2.78. The molecule has 0 aromatic heterocycles. The Hall–Kier alpha value is -0.870. The maximum atomic E-state index is 11.9. The maximum Gasteiger partial charge on any atom is 0.223 e. The van der Waals surface area contributed by atoms with Crippen LogP contribution in [0.25, 0.3) is 0 Å². The molecule has 0 aliphatic carbocycles. The molecule has 0 saturated carbocycles. The van der Waals surface area contributed by atoms with Crippen LogP contribution in [-0.2, 0) is 4.79 Å². The van der Waals surface area contributed by atoms with Crippen molar-refractivity contribution in [2.45, 2.75) is 32.3 Å². The molecular formula is C14H20BrNO2. The molecule has 4 heteroatoms. The van der Waals surface area contributed by atoms with Gasteiger partial charge in [0.05, 0.1) is 6.10 Å². The predicted molar refractivity (Wildman–Crippen MR) is 76.5 cm³/mol. The van der Waals surface area contributed by atoms with Crippen molar-refractivity contribution in [1.82, 2.24) is 4.90 Å². The van der Waals surface area contributed by atoms with Gasteiger partial charge in [0.2, 0.25) is 5.91 Å². The molecule has 1 amide bonds. The van der Waals surface area contributed by atoms with Crippen molar-refractivity contribution in [3.63, 3.8) is 0 Å². The average Bonchev–Trinajstić information content (AvgIpc) is 2.28. The van der Waals surface area contributed by atoms with Crippen LogP contribution in [0.2, 0.25) is 0 Å². The second-order valence-electron chi connectivity index (χ2n) is 4.78. The smallest absolute Gasteiger partial charge is 0.223 e. The first kappa shape index (κ1) is 15.2. The molecule has 1 aromatic rings. The normalized spacial score (nSPS) is 14.1. The summed E-state index contributed by atoms with van der Waals surface area (Å²) in [4.78, 5) is 13.5. The number of rotatable bonds is 5. The van der Waals surface area contributed by atoms with Crippen molar-refractivity contribution in [2.24, 2.45) is 0 Å². The van der Waals surface area contributed by atoms with Gasteiger partial charge in [0, 0.05) is 24.5 Å². The van der Waals surface area contributed by atoms with Gasteiger partial charge in [0.15, 0.2) is 0 Å². The van der Waals surface area contributed by atoms with E-state index in [1.165, 1.54) is 0 Å². The third-order valence-electron chi connectivity index (χ3n) is 2.88. The zero-order valence-electron chi connectivity index (χ0n) is 11.1. The summed E-state index contributed by atoms with van der Waals surface area (Å²) in [6.45, 7) is 4.10. The summed E-state index contributed by atoms with van der Waals surface area (Å²) in [7, 11) is 1.73. The molecule has 100 valence electrons. The minimum atomic E-state index is -0.484. The van der Waals surface area contributed by atoms with Gasteiger partial charge < -0.3 is 10.0 Å². The number of aliphatic hydroxyl groups excluding tert-OH is 1. The first-order valence-corrected chi connectivity index (χ1v) is 6.87. The number of hydrogen-bond acceptors (Lipinski definition) is 2. The third kappa shape index (κ3) is 4.78. The van der Waals surface area contributed by atoms with Crippen molar-refractivity contribution in [3.8, 4) is 0 Å². The molecule has 0 spiro atoms. The van der Waals surface area contributed by atoms with Gasteiger partial charge in [-0.25, -0.2) is 0 Å². The lowest BCUT2D eigenvalue weighted by Gasteiger charge is -2.21. The van der Waals surface area contributed by atoms with Crippen LogP contribution in [0, 0.1) is 0 Å². The monoisotopic (exact) mass is 313 g/mol. The van der Waals surface area contributed by atoms with E-state index in [0.29, 0.717) is 13.0 Å². The lowest BCUT2D eigenvalue weighted by Crippen LogP contribution is -2.33. The molecule has 0 bridgehead atoms. The summed E-state index contributed by atoms with van der Waals surface area (Å²) >= 11 is 3.39. The molecule has 1 N–H and O–H groups in total. The first-order chi connectivity index (χ1) is 8.40. The van der Waals surface area contributed by atoms with Crippen molar-refractivity contribution < 1.29 is 9.90 Å². The fourth-order valence-electron chi connectivity index (χ4n) is 1.83. The molecule has 0 fully saturated rings. The fraction of sp³-hybridized carbons (Fsp3) is 0.500. The molecule has 18 heavy (non-hydrogen) atoms. The minimum absolute atomic E-state index is 0.0614. The van der Waals surface area contributed by atoms with Gasteiger partial charge in [0.1, 0.15) is 0 Å². The van der Waals surface area contributed by atoms with Crippen LogP contribution < -0.4 is 0 Å². The topological polar surface area (TPSA) is 40.5 Å². The molecule has 3 nitrogen and oxygen atoms in total. The Morgan fingerprint density at radius 3 is 2.39 bits per heavy atom. The van der Waals surface area contributed by atoms with E-state index in [-0.39, 0.29) is 11.8 Å². The molecule has 1 aromatic carbocycles. The van der Waals surface area contributed by atoms with Crippen LogP contribution in [0.3, 0.4) is 0 Å². The van der Waals surface area contributed by atoms with Crippen molar-refractivity contribution in [2.75, 3.05) is 13.6 Å². The summed E-state index contributed by atoms with van der Waals surface area (Å²) < 4.78 is 1.04. The molecule has 2 unspecified atom stereocenters. The van der Waals surface area contributed by atoms with E-state index in [4.69, 9.17) is 0 Å². The molecule has 0 heterocycles. The Morgan fingerprint density at radius 2 is 1.89 bits per heavy atom. The Labute approximate surface area is 117 Å². The Balaban J connectivity index is 2.56. The molecule has 0 aliphatic rings. The van der Waals surface area contributed by atoms with E-state index in [1.807, 2.05) is 31.2 Å². The zero-order chi connectivity index (χ0) is 13.7. The number of halogens is 1. The average molecular weight is 314 g/mol. The Kier molecular flexibility index (Phi) is 5.82. The van der Waals surface area contributed by atoms with Crippen LogP contribution >= 0.6 is 15.9 Å². The number of carbonyl (C=O) groups excluding carboxylic acids is 1. The number of carbonyl (C=O) groups is 1. The molecule has 1 rings (SSSR count). The van der Waals surface area contributed by atoms with Crippen molar-refractivity contribution in [3.05, 3.63) is 34.3 Å². The first-order valence-electron chi connectivity index (χ1n) is 6.07. The lowest BCUT2D eigenvalue weighted by molar-refractivity contribution is -0.131. The number of nitrogens with zero attached hydrogens (tertiary/aromatic N) is 1. The van der Waals surface area contributed by atoms with Gasteiger partial charge in [-0.3, -0.25) is 4.79 Å². The van der Waals surface area contributed by atoms with Crippen LogP contribution in [0.1, 0.15) is 31.7 Å². The Bertz CT molecular complexity index is 389. The van der Waals surface area contributed by atoms with E-state index in [9.17, 15) is 9.90 Å². The highest BCUT2D eigenvalue weighted by molar-refractivity contribution is 9.10. The molecule has 0 aliphatic heterocycles. The summed E-state index contributed by atoms with van der Waals surface area (Å²) in [5.41, 5.74) is 1.15. The number of hydrogen-bond donors (Lipinski definition) is 1. The van der Waals surface area contributed by atoms with Crippen LogP contribution in [0.15, 0.2) is 28.7 Å². The summed E-state index contributed by atoms with van der Waals surface area (Å²) in [6, 6.07) is 8.01. The Morgan fingerprint density at radius 1 is 1.33 bits per heavy atom. The summed E-state index contributed by atoms with van der Waals surface area (Å²) in [6.07, 6.45) is -0.0212. The van der Waals surface area contributed by atoms with Crippen molar-refractivity contribution in [1.29, 1.82) is 0 Å². The van der Waals surface area contributed by atoms with E-state index >= 15 is 0 Å². The van der Waals surface area contributed by atoms with Gasteiger partial charge in [-0.05, 0) is 30.5 Å². The highest BCUT2D eigenvalue weighted by Crippen LogP contribution is 2.21.